The second-order valence-electron chi connectivity index (χ2n) is 6.60. The van der Waals surface area contributed by atoms with Crippen LogP contribution in [0.5, 0.6) is 11.5 Å². The fourth-order valence-electron chi connectivity index (χ4n) is 2.85. The highest BCUT2D eigenvalue weighted by molar-refractivity contribution is 6.35. The van der Waals surface area contributed by atoms with E-state index in [1.54, 1.807) is 48.5 Å². The average molecular weight is 481 g/mol. The van der Waals surface area contributed by atoms with Crippen molar-refractivity contribution in [3.8, 4) is 11.5 Å². The van der Waals surface area contributed by atoms with Crippen molar-refractivity contribution in [2.45, 2.75) is 20.1 Å². The van der Waals surface area contributed by atoms with E-state index in [0.717, 1.165) is 16.8 Å². The first-order valence-corrected chi connectivity index (χ1v) is 10.6. The number of carboxylic acids is 1. The molecule has 0 bridgehead atoms. The van der Waals surface area contributed by atoms with Crippen LogP contribution in [0.4, 0.5) is 5.69 Å². The lowest BCUT2D eigenvalue weighted by atomic mass is 10.1. The van der Waals surface area contributed by atoms with Gasteiger partial charge in [0, 0.05) is 27.8 Å². The molecule has 0 fully saturated rings. The van der Waals surface area contributed by atoms with Crippen LogP contribution in [0.15, 0.2) is 54.6 Å². The third kappa shape index (κ3) is 6.20. The molecule has 2 N–H and O–H groups in total. The molecule has 8 heteroatoms. The summed E-state index contributed by atoms with van der Waals surface area (Å²) in [5.74, 6) is -0.00244. The van der Waals surface area contributed by atoms with Crippen LogP contribution in [0.25, 0.3) is 0 Å². The Morgan fingerprint density at radius 1 is 0.968 bits per heavy atom. The molecule has 3 rings (SSSR count). The summed E-state index contributed by atoms with van der Waals surface area (Å²) in [7, 11) is 0. The van der Waals surface area contributed by atoms with E-state index in [4.69, 9.17) is 49.4 Å². The fraction of sp³-hybridized carbons (Fsp3) is 0.174. The van der Waals surface area contributed by atoms with Gasteiger partial charge in [-0.2, -0.15) is 0 Å². The molecule has 5 nitrogen and oxygen atoms in total. The standard InChI is InChI=1S/C23H20Cl3NO4/c1-2-30-21-10-14(12-27-18-7-4-15(5-8-18)23(28)29)9-20(26)22(21)31-13-16-3-6-17(24)11-19(16)25/h3-11,27H,2,12-13H2,1H3,(H,28,29). The Kier molecular flexibility index (Phi) is 7.91. The topological polar surface area (TPSA) is 67.8 Å². The monoisotopic (exact) mass is 479 g/mol. The largest absolute Gasteiger partial charge is 0.490 e. The van der Waals surface area contributed by atoms with E-state index in [2.05, 4.69) is 5.32 Å². The minimum Gasteiger partial charge on any atom is -0.490 e. The van der Waals surface area contributed by atoms with E-state index < -0.39 is 5.97 Å². The maximum absolute atomic E-state index is 11.0. The maximum Gasteiger partial charge on any atom is 0.335 e. The first-order valence-electron chi connectivity index (χ1n) is 9.46. The predicted molar refractivity (Wildman–Crippen MR) is 124 cm³/mol. The molecule has 31 heavy (non-hydrogen) atoms. The van der Waals surface area contributed by atoms with Crippen molar-refractivity contribution >= 4 is 46.5 Å². The second kappa shape index (κ2) is 10.6. The van der Waals surface area contributed by atoms with Crippen molar-refractivity contribution in [1.29, 1.82) is 0 Å². The molecule has 0 amide bonds. The van der Waals surface area contributed by atoms with Crippen LogP contribution in [0.1, 0.15) is 28.4 Å². The lowest BCUT2D eigenvalue weighted by Crippen LogP contribution is -2.04. The molecule has 3 aromatic carbocycles. The van der Waals surface area contributed by atoms with Crippen LogP contribution in [0.3, 0.4) is 0 Å². The van der Waals surface area contributed by atoms with Gasteiger partial charge in [0.2, 0.25) is 0 Å². The summed E-state index contributed by atoms with van der Waals surface area (Å²) in [4.78, 5) is 11.0. The molecule has 0 radical (unpaired) electrons. The zero-order valence-corrected chi connectivity index (χ0v) is 18.9. The number of halogens is 3. The fourth-order valence-corrected chi connectivity index (χ4v) is 3.60. The van der Waals surface area contributed by atoms with E-state index in [9.17, 15) is 4.79 Å². The van der Waals surface area contributed by atoms with Gasteiger partial charge in [-0.3, -0.25) is 0 Å². The number of ether oxygens (including phenoxy) is 2. The molecular formula is C23H20Cl3NO4. The Bertz CT molecular complexity index is 1070. The molecule has 0 aliphatic carbocycles. The third-order valence-electron chi connectivity index (χ3n) is 4.38. The number of carbonyl (C=O) groups is 1. The summed E-state index contributed by atoms with van der Waals surface area (Å²) in [6, 6.07) is 15.4. The van der Waals surface area contributed by atoms with Gasteiger partial charge < -0.3 is 19.9 Å². The minimum absolute atomic E-state index is 0.212. The van der Waals surface area contributed by atoms with Crippen LogP contribution in [0, 0.1) is 0 Å². The number of nitrogens with one attached hydrogen (secondary N) is 1. The molecular weight excluding hydrogens is 461 g/mol. The van der Waals surface area contributed by atoms with E-state index in [1.165, 1.54) is 0 Å². The van der Waals surface area contributed by atoms with E-state index >= 15 is 0 Å². The smallest absolute Gasteiger partial charge is 0.335 e. The Morgan fingerprint density at radius 3 is 2.35 bits per heavy atom. The normalized spacial score (nSPS) is 10.6. The van der Waals surface area contributed by atoms with Crippen LogP contribution in [0.2, 0.25) is 15.1 Å². The second-order valence-corrected chi connectivity index (χ2v) is 7.85. The van der Waals surface area contributed by atoms with Crippen molar-refractivity contribution < 1.29 is 19.4 Å². The quantitative estimate of drug-likeness (QED) is 0.347. The van der Waals surface area contributed by atoms with E-state index in [1.807, 2.05) is 13.0 Å². The molecule has 0 spiro atoms. The Labute approximate surface area is 195 Å². The van der Waals surface area contributed by atoms with Gasteiger partial charge in [0.1, 0.15) is 6.61 Å². The highest BCUT2D eigenvalue weighted by Crippen LogP contribution is 2.38. The Balaban J connectivity index is 1.73. The van der Waals surface area contributed by atoms with Gasteiger partial charge in [-0.05, 0) is 61.0 Å². The van der Waals surface area contributed by atoms with Crippen LogP contribution < -0.4 is 14.8 Å². The molecule has 0 aliphatic rings. The van der Waals surface area contributed by atoms with Crippen molar-refractivity contribution in [3.05, 3.63) is 86.4 Å². The van der Waals surface area contributed by atoms with Crippen molar-refractivity contribution in [2.75, 3.05) is 11.9 Å². The molecule has 0 saturated carbocycles. The Morgan fingerprint density at radius 2 is 1.71 bits per heavy atom. The summed E-state index contributed by atoms with van der Waals surface area (Å²) < 4.78 is 11.7. The van der Waals surface area contributed by atoms with Crippen LogP contribution in [-0.4, -0.2) is 17.7 Å². The van der Waals surface area contributed by atoms with E-state index in [0.29, 0.717) is 39.7 Å². The van der Waals surface area contributed by atoms with Gasteiger partial charge in [0.25, 0.3) is 0 Å². The molecule has 3 aromatic rings. The maximum atomic E-state index is 11.0. The molecule has 162 valence electrons. The highest BCUT2D eigenvalue weighted by Gasteiger charge is 2.14. The highest BCUT2D eigenvalue weighted by atomic mass is 35.5. The number of carboxylic acid groups (broad SMARTS) is 1. The summed E-state index contributed by atoms with van der Waals surface area (Å²) in [5.41, 5.74) is 2.68. The lowest BCUT2D eigenvalue weighted by Gasteiger charge is -2.16. The van der Waals surface area contributed by atoms with Gasteiger partial charge in [0.05, 0.1) is 17.2 Å². The molecule has 0 aromatic heterocycles. The van der Waals surface area contributed by atoms with Gasteiger partial charge >= 0.3 is 5.97 Å². The summed E-state index contributed by atoms with van der Waals surface area (Å²) in [6.07, 6.45) is 0. The molecule has 0 aliphatic heterocycles. The number of rotatable bonds is 9. The van der Waals surface area contributed by atoms with Crippen LogP contribution in [-0.2, 0) is 13.2 Å². The first-order chi connectivity index (χ1) is 14.9. The number of aromatic carboxylic acids is 1. The third-order valence-corrected chi connectivity index (χ3v) is 5.25. The first kappa shape index (κ1) is 23.1. The number of anilines is 1. The van der Waals surface area contributed by atoms with Gasteiger partial charge in [-0.25, -0.2) is 4.79 Å². The summed E-state index contributed by atoms with van der Waals surface area (Å²) in [5, 5.41) is 13.7. The van der Waals surface area contributed by atoms with Crippen molar-refractivity contribution in [3.63, 3.8) is 0 Å². The van der Waals surface area contributed by atoms with Crippen molar-refractivity contribution in [1.82, 2.24) is 0 Å². The zero-order valence-electron chi connectivity index (χ0n) is 16.6. The van der Waals surface area contributed by atoms with Gasteiger partial charge in [0.15, 0.2) is 11.5 Å². The number of hydrogen-bond donors (Lipinski definition) is 2. The molecule has 0 unspecified atom stereocenters. The number of benzene rings is 3. The lowest BCUT2D eigenvalue weighted by molar-refractivity contribution is 0.0697. The summed E-state index contributed by atoms with van der Waals surface area (Å²) in [6.45, 7) is 3.00. The van der Waals surface area contributed by atoms with Gasteiger partial charge in [-0.1, -0.05) is 40.9 Å². The SMILES string of the molecule is CCOc1cc(CNc2ccc(C(=O)O)cc2)cc(Cl)c1OCc1ccc(Cl)cc1Cl. The van der Waals surface area contributed by atoms with E-state index in [-0.39, 0.29) is 12.2 Å². The average Bonchev–Trinajstić information content (AvgIpc) is 2.73. The summed E-state index contributed by atoms with van der Waals surface area (Å²) >= 11 is 18.6. The number of hydrogen-bond acceptors (Lipinski definition) is 4. The predicted octanol–water partition coefficient (Wildman–Crippen LogP) is 6.93. The molecule has 0 saturated heterocycles. The van der Waals surface area contributed by atoms with Crippen LogP contribution >= 0.6 is 34.8 Å². The van der Waals surface area contributed by atoms with Crippen molar-refractivity contribution in [2.24, 2.45) is 0 Å². The van der Waals surface area contributed by atoms with Gasteiger partial charge in [-0.15, -0.1) is 0 Å². The molecule has 0 heterocycles. The zero-order chi connectivity index (χ0) is 22.4. The Hall–Kier alpha value is -2.60. The minimum atomic E-state index is -0.963. The molecule has 0 atom stereocenters.